The van der Waals surface area contributed by atoms with E-state index in [9.17, 15) is 0 Å². The third-order valence-electron chi connectivity index (χ3n) is 6.41. The Morgan fingerprint density at radius 2 is 1.81 bits per heavy atom. The zero-order valence-electron chi connectivity index (χ0n) is 18.7. The molecule has 0 spiro atoms. The van der Waals surface area contributed by atoms with Crippen LogP contribution < -0.4 is 10.2 Å². The number of benzene rings is 1. The maximum absolute atomic E-state index is 5.97. The second kappa shape index (κ2) is 12.8. The van der Waals surface area contributed by atoms with E-state index in [1.165, 1.54) is 5.69 Å². The molecular weight excluding hydrogens is 505 g/mol. The fourth-order valence-corrected chi connectivity index (χ4v) is 4.69. The number of aliphatic imine (C=N–C) groups is 1. The molecule has 174 valence electrons. The van der Waals surface area contributed by atoms with Gasteiger partial charge in [-0.3, -0.25) is 9.89 Å². The minimum atomic E-state index is 0. The Kier molecular flexibility index (Phi) is 10.1. The van der Waals surface area contributed by atoms with E-state index in [0.717, 1.165) is 90.8 Å². The Labute approximate surface area is 204 Å². The van der Waals surface area contributed by atoms with Gasteiger partial charge in [-0.1, -0.05) is 18.2 Å². The molecule has 0 bridgehead atoms. The van der Waals surface area contributed by atoms with Gasteiger partial charge in [0, 0.05) is 65.2 Å². The number of morpholine rings is 1. The number of guanidine groups is 1. The highest BCUT2D eigenvalue weighted by Gasteiger charge is 2.32. The molecule has 0 aromatic heterocycles. The van der Waals surface area contributed by atoms with Gasteiger partial charge in [-0.15, -0.1) is 24.0 Å². The van der Waals surface area contributed by atoms with Crippen molar-refractivity contribution in [3.63, 3.8) is 0 Å². The molecule has 2 atom stereocenters. The summed E-state index contributed by atoms with van der Waals surface area (Å²) in [6, 6.07) is 10.7. The van der Waals surface area contributed by atoms with Gasteiger partial charge < -0.3 is 24.6 Å². The summed E-state index contributed by atoms with van der Waals surface area (Å²) in [6.45, 7) is 9.95. The van der Waals surface area contributed by atoms with E-state index in [2.05, 4.69) is 55.3 Å². The molecule has 3 aliphatic rings. The topological polar surface area (TPSA) is 52.6 Å². The second-order valence-corrected chi connectivity index (χ2v) is 8.40. The number of halogens is 1. The number of nitrogens with zero attached hydrogens (tertiary/aromatic N) is 4. The summed E-state index contributed by atoms with van der Waals surface area (Å²) in [5, 5.41) is 3.57. The van der Waals surface area contributed by atoms with Gasteiger partial charge >= 0.3 is 0 Å². The molecule has 3 fully saturated rings. The average Bonchev–Trinajstić information content (AvgIpc) is 3.35. The number of rotatable bonds is 6. The Bertz CT molecular complexity index is 663. The fourth-order valence-electron chi connectivity index (χ4n) is 4.69. The number of para-hydroxylation sites is 1. The Morgan fingerprint density at radius 3 is 2.52 bits per heavy atom. The average molecular weight is 543 g/mol. The van der Waals surface area contributed by atoms with Crippen LogP contribution in [0.1, 0.15) is 19.3 Å². The van der Waals surface area contributed by atoms with Gasteiger partial charge in [-0.25, -0.2) is 0 Å². The van der Waals surface area contributed by atoms with Crippen LogP contribution in [0.5, 0.6) is 0 Å². The first-order valence-electron chi connectivity index (χ1n) is 11.5. The van der Waals surface area contributed by atoms with E-state index >= 15 is 0 Å². The van der Waals surface area contributed by atoms with Crippen molar-refractivity contribution >= 4 is 35.6 Å². The zero-order chi connectivity index (χ0) is 20.6. The molecule has 1 aromatic carbocycles. The molecule has 1 aromatic rings. The summed E-state index contributed by atoms with van der Waals surface area (Å²) >= 11 is 0. The number of hydrogen-bond donors (Lipinski definition) is 1. The predicted octanol–water partition coefficient (Wildman–Crippen LogP) is 2.27. The highest BCUT2D eigenvalue weighted by atomic mass is 127. The van der Waals surface area contributed by atoms with Crippen molar-refractivity contribution in [1.29, 1.82) is 0 Å². The highest BCUT2D eigenvalue weighted by molar-refractivity contribution is 14.0. The van der Waals surface area contributed by atoms with Gasteiger partial charge in [0.2, 0.25) is 0 Å². The first kappa shape index (κ1) is 24.5. The van der Waals surface area contributed by atoms with Crippen LogP contribution in [-0.2, 0) is 9.47 Å². The Balaban J connectivity index is 0.00000272. The predicted molar refractivity (Wildman–Crippen MR) is 137 cm³/mol. The van der Waals surface area contributed by atoms with Crippen LogP contribution in [-0.4, -0.2) is 101 Å². The minimum Gasteiger partial charge on any atom is -0.375 e. The standard InChI is InChI=1S/C23H37N5O2.HI/c1-24-23(28-16-18-30-22(19-28)21-9-5-17-29-21)25-10-6-11-26-12-14-27(15-13-26)20-7-3-2-4-8-20;/h2-4,7-8,21-22H,5-6,9-19H2,1H3,(H,24,25);1H. The molecule has 3 saturated heterocycles. The molecule has 1 N–H and O–H groups in total. The SMILES string of the molecule is CN=C(NCCCN1CCN(c2ccccc2)CC1)N1CCOC(C2CCCO2)C1.I. The summed E-state index contributed by atoms with van der Waals surface area (Å²) in [7, 11) is 1.88. The molecule has 0 amide bonds. The fraction of sp³-hybridized carbons (Fsp3) is 0.696. The normalized spacial score (nSPS) is 25.4. The first-order chi connectivity index (χ1) is 14.8. The maximum Gasteiger partial charge on any atom is 0.193 e. The second-order valence-electron chi connectivity index (χ2n) is 8.40. The third kappa shape index (κ3) is 6.94. The summed E-state index contributed by atoms with van der Waals surface area (Å²) < 4.78 is 11.8. The van der Waals surface area contributed by atoms with Crippen LogP contribution in [0.25, 0.3) is 0 Å². The van der Waals surface area contributed by atoms with Gasteiger partial charge in [-0.2, -0.15) is 0 Å². The van der Waals surface area contributed by atoms with Crippen molar-refractivity contribution in [2.24, 2.45) is 4.99 Å². The molecule has 0 saturated carbocycles. The minimum absolute atomic E-state index is 0. The number of ether oxygens (including phenoxy) is 2. The largest absolute Gasteiger partial charge is 0.375 e. The molecule has 4 rings (SSSR count). The van der Waals surface area contributed by atoms with Gasteiger partial charge in [0.05, 0.1) is 12.7 Å². The van der Waals surface area contributed by atoms with Gasteiger partial charge in [0.1, 0.15) is 6.10 Å². The van der Waals surface area contributed by atoms with Crippen molar-refractivity contribution in [2.45, 2.75) is 31.5 Å². The third-order valence-corrected chi connectivity index (χ3v) is 6.41. The van der Waals surface area contributed by atoms with Crippen molar-refractivity contribution in [3.05, 3.63) is 30.3 Å². The van der Waals surface area contributed by atoms with Crippen molar-refractivity contribution in [1.82, 2.24) is 15.1 Å². The van der Waals surface area contributed by atoms with Crippen molar-refractivity contribution in [2.75, 3.05) is 77.5 Å². The lowest BCUT2D eigenvalue weighted by Crippen LogP contribution is -2.53. The van der Waals surface area contributed by atoms with Crippen LogP contribution in [0.2, 0.25) is 0 Å². The lowest BCUT2D eigenvalue weighted by molar-refractivity contribution is -0.0816. The van der Waals surface area contributed by atoms with Gasteiger partial charge in [-0.05, 0) is 37.9 Å². The van der Waals surface area contributed by atoms with Crippen molar-refractivity contribution < 1.29 is 9.47 Å². The van der Waals surface area contributed by atoms with E-state index < -0.39 is 0 Å². The Hall–Kier alpha value is -1.10. The lowest BCUT2D eigenvalue weighted by atomic mass is 10.1. The smallest absolute Gasteiger partial charge is 0.193 e. The molecule has 8 heteroatoms. The molecule has 0 radical (unpaired) electrons. The maximum atomic E-state index is 5.97. The van der Waals surface area contributed by atoms with Crippen LogP contribution in [0, 0.1) is 0 Å². The van der Waals surface area contributed by atoms with Crippen molar-refractivity contribution in [3.8, 4) is 0 Å². The molecule has 3 heterocycles. The van der Waals surface area contributed by atoms with E-state index in [1.807, 2.05) is 7.05 Å². The molecule has 7 nitrogen and oxygen atoms in total. The zero-order valence-corrected chi connectivity index (χ0v) is 21.1. The van der Waals surface area contributed by atoms with Crippen LogP contribution in [0.3, 0.4) is 0 Å². The molecule has 0 aliphatic carbocycles. The number of piperazine rings is 1. The number of hydrogen-bond acceptors (Lipinski definition) is 5. The monoisotopic (exact) mass is 543 g/mol. The number of anilines is 1. The van der Waals surface area contributed by atoms with E-state index in [1.54, 1.807) is 0 Å². The quantitative estimate of drug-likeness (QED) is 0.257. The van der Waals surface area contributed by atoms with Gasteiger partial charge in [0.15, 0.2) is 5.96 Å². The first-order valence-corrected chi connectivity index (χ1v) is 11.5. The number of nitrogens with one attached hydrogen (secondary N) is 1. The molecule has 2 unspecified atom stereocenters. The van der Waals surface area contributed by atoms with E-state index in [0.29, 0.717) is 0 Å². The lowest BCUT2D eigenvalue weighted by Gasteiger charge is -2.37. The summed E-state index contributed by atoms with van der Waals surface area (Å²) in [4.78, 5) is 11.9. The van der Waals surface area contributed by atoms with Crippen LogP contribution in [0.15, 0.2) is 35.3 Å². The molecule has 31 heavy (non-hydrogen) atoms. The van der Waals surface area contributed by atoms with E-state index in [-0.39, 0.29) is 36.2 Å². The van der Waals surface area contributed by atoms with Crippen LogP contribution in [0.4, 0.5) is 5.69 Å². The molecule has 3 aliphatic heterocycles. The summed E-state index contributed by atoms with van der Waals surface area (Å²) in [6.07, 6.45) is 3.81. The van der Waals surface area contributed by atoms with Crippen LogP contribution >= 0.6 is 24.0 Å². The van der Waals surface area contributed by atoms with Gasteiger partial charge in [0.25, 0.3) is 0 Å². The highest BCUT2D eigenvalue weighted by Crippen LogP contribution is 2.21. The molecular formula is C23H38IN5O2. The Morgan fingerprint density at radius 1 is 1.03 bits per heavy atom. The van der Waals surface area contributed by atoms with E-state index in [4.69, 9.17) is 9.47 Å². The summed E-state index contributed by atoms with van der Waals surface area (Å²) in [5.74, 6) is 0.996. The summed E-state index contributed by atoms with van der Waals surface area (Å²) in [5.41, 5.74) is 1.34.